The van der Waals surface area contributed by atoms with Gasteiger partial charge in [-0.1, -0.05) is 18.2 Å². The first-order valence-corrected chi connectivity index (χ1v) is 8.79. The van der Waals surface area contributed by atoms with Gasteiger partial charge in [0.15, 0.2) is 0 Å². The minimum atomic E-state index is -0.794. The lowest BCUT2D eigenvalue weighted by molar-refractivity contribution is -0.138. The summed E-state index contributed by atoms with van der Waals surface area (Å²) in [7, 11) is 1.58. The number of amides is 2. The van der Waals surface area contributed by atoms with Crippen molar-refractivity contribution in [2.24, 2.45) is 0 Å². The lowest BCUT2D eigenvalue weighted by Gasteiger charge is -2.40. The monoisotopic (exact) mass is 356 g/mol. The molecule has 0 spiro atoms. The van der Waals surface area contributed by atoms with Gasteiger partial charge in [0.05, 0.1) is 13.0 Å². The first-order chi connectivity index (χ1) is 12.7. The van der Waals surface area contributed by atoms with Crippen molar-refractivity contribution in [3.05, 3.63) is 48.8 Å². The molecule has 0 unspecified atom stereocenters. The second kappa shape index (κ2) is 8.14. The third-order valence-electron chi connectivity index (χ3n) is 4.86. The fraction of sp³-hybridized carbons (Fsp3) is 0.421. The highest BCUT2D eigenvalue weighted by molar-refractivity contribution is 5.96. The number of benzene rings is 1. The first-order valence-electron chi connectivity index (χ1n) is 8.79. The standard InChI is InChI=1S/C19H24N4O3/c1-26-15-8-17(24)22-13-9-19(10-14-22,23-12-5-11-20-23)18(25)21-16-6-3-2-4-7-16/h2-7,11-12H,8-10,13-15H2,1H3,(H,21,25). The van der Waals surface area contributed by atoms with Gasteiger partial charge in [0.1, 0.15) is 5.54 Å². The quantitative estimate of drug-likeness (QED) is 0.857. The number of aromatic nitrogens is 2. The van der Waals surface area contributed by atoms with Crippen LogP contribution in [0.5, 0.6) is 0 Å². The molecule has 0 bridgehead atoms. The number of para-hydroxylation sites is 1. The Morgan fingerprint density at radius 2 is 1.92 bits per heavy atom. The summed E-state index contributed by atoms with van der Waals surface area (Å²) in [5.41, 5.74) is -0.0418. The average Bonchev–Trinajstić information content (AvgIpc) is 3.22. The van der Waals surface area contributed by atoms with Gasteiger partial charge in [-0.05, 0) is 31.0 Å². The summed E-state index contributed by atoms with van der Waals surface area (Å²) < 4.78 is 6.71. The number of ether oxygens (including phenoxy) is 1. The topological polar surface area (TPSA) is 76.5 Å². The molecular formula is C19H24N4O3. The van der Waals surface area contributed by atoms with Gasteiger partial charge in [-0.2, -0.15) is 5.10 Å². The third kappa shape index (κ3) is 3.77. The van der Waals surface area contributed by atoms with Crippen molar-refractivity contribution in [2.45, 2.75) is 24.8 Å². The molecule has 7 nitrogen and oxygen atoms in total. The molecule has 0 radical (unpaired) electrons. The van der Waals surface area contributed by atoms with E-state index in [9.17, 15) is 9.59 Å². The summed E-state index contributed by atoms with van der Waals surface area (Å²) in [6.45, 7) is 1.45. The molecule has 7 heteroatoms. The Morgan fingerprint density at radius 3 is 2.54 bits per heavy atom. The van der Waals surface area contributed by atoms with Crippen molar-refractivity contribution >= 4 is 17.5 Å². The minimum Gasteiger partial charge on any atom is -0.384 e. The van der Waals surface area contributed by atoms with E-state index >= 15 is 0 Å². The number of nitrogens with zero attached hydrogens (tertiary/aromatic N) is 3. The summed E-state index contributed by atoms with van der Waals surface area (Å²) >= 11 is 0. The van der Waals surface area contributed by atoms with Crippen LogP contribution in [0.1, 0.15) is 19.3 Å². The van der Waals surface area contributed by atoms with E-state index in [2.05, 4.69) is 10.4 Å². The smallest absolute Gasteiger partial charge is 0.252 e. The molecule has 1 aliphatic heterocycles. The van der Waals surface area contributed by atoms with E-state index in [0.717, 1.165) is 5.69 Å². The zero-order chi connectivity index (χ0) is 18.4. The minimum absolute atomic E-state index is 0.0596. The molecule has 26 heavy (non-hydrogen) atoms. The number of hydrogen-bond acceptors (Lipinski definition) is 4. The van der Waals surface area contributed by atoms with Crippen molar-refractivity contribution in [1.82, 2.24) is 14.7 Å². The molecule has 1 saturated heterocycles. The number of anilines is 1. The summed E-state index contributed by atoms with van der Waals surface area (Å²) in [6, 6.07) is 11.2. The number of methoxy groups -OCH3 is 1. The second-order valence-corrected chi connectivity index (χ2v) is 6.43. The second-order valence-electron chi connectivity index (χ2n) is 6.43. The van der Waals surface area contributed by atoms with Gasteiger partial charge in [0, 0.05) is 38.3 Å². The molecule has 3 rings (SSSR count). The summed E-state index contributed by atoms with van der Waals surface area (Å²) in [6.07, 6.45) is 4.89. The number of hydrogen-bond donors (Lipinski definition) is 1. The van der Waals surface area contributed by atoms with E-state index in [0.29, 0.717) is 39.0 Å². The first kappa shape index (κ1) is 18.1. The van der Waals surface area contributed by atoms with Crippen LogP contribution in [0.4, 0.5) is 5.69 Å². The predicted molar refractivity (Wildman–Crippen MR) is 97.6 cm³/mol. The largest absolute Gasteiger partial charge is 0.384 e. The lowest BCUT2D eigenvalue weighted by atomic mass is 9.86. The van der Waals surface area contributed by atoms with E-state index in [1.165, 1.54) is 0 Å². The Morgan fingerprint density at radius 1 is 1.19 bits per heavy atom. The maximum atomic E-state index is 13.1. The summed E-state index contributed by atoms with van der Waals surface area (Å²) in [5, 5.41) is 7.32. The van der Waals surface area contributed by atoms with Gasteiger partial charge in [0.2, 0.25) is 5.91 Å². The van der Waals surface area contributed by atoms with Crippen molar-refractivity contribution in [2.75, 3.05) is 32.1 Å². The molecule has 2 aromatic rings. The van der Waals surface area contributed by atoms with Gasteiger partial charge >= 0.3 is 0 Å². The number of rotatable bonds is 6. The Kier molecular flexibility index (Phi) is 5.68. The van der Waals surface area contributed by atoms with Crippen LogP contribution >= 0.6 is 0 Å². The van der Waals surface area contributed by atoms with Crippen LogP contribution in [0.2, 0.25) is 0 Å². The van der Waals surface area contributed by atoms with Crippen molar-refractivity contribution in [3.8, 4) is 0 Å². The van der Waals surface area contributed by atoms with E-state index < -0.39 is 5.54 Å². The number of carbonyl (C=O) groups excluding carboxylic acids is 2. The van der Waals surface area contributed by atoms with Crippen molar-refractivity contribution in [3.63, 3.8) is 0 Å². The van der Waals surface area contributed by atoms with Crippen LogP contribution in [0.15, 0.2) is 48.8 Å². The highest BCUT2D eigenvalue weighted by Crippen LogP contribution is 2.31. The normalized spacial score (nSPS) is 16.3. The van der Waals surface area contributed by atoms with Crippen LogP contribution in [0.25, 0.3) is 0 Å². The van der Waals surface area contributed by atoms with Crippen LogP contribution in [-0.2, 0) is 19.9 Å². The highest BCUT2D eigenvalue weighted by Gasteiger charge is 2.44. The molecule has 0 atom stereocenters. The third-order valence-corrected chi connectivity index (χ3v) is 4.86. The van der Waals surface area contributed by atoms with E-state index in [4.69, 9.17) is 4.74 Å². The van der Waals surface area contributed by atoms with E-state index in [1.807, 2.05) is 42.6 Å². The average molecular weight is 356 g/mol. The fourth-order valence-electron chi connectivity index (χ4n) is 3.32. The molecule has 2 amide bonds. The zero-order valence-electron chi connectivity index (χ0n) is 14.9. The molecule has 0 saturated carbocycles. The molecule has 1 aromatic carbocycles. The van der Waals surface area contributed by atoms with Crippen molar-refractivity contribution in [1.29, 1.82) is 0 Å². The van der Waals surface area contributed by atoms with Gasteiger partial charge < -0.3 is 15.0 Å². The van der Waals surface area contributed by atoms with Crippen LogP contribution in [0, 0.1) is 0 Å². The van der Waals surface area contributed by atoms with E-state index in [1.54, 1.807) is 22.9 Å². The molecule has 1 fully saturated rings. The molecule has 1 aliphatic rings. The zero-order valence-corrected chi connectivity index (χ0v) is 14.9. The molecule has 0 aliphatic carbocycles. The SMILES string of the molecule is COCCC(=O)N1CCC(C(=O)Nc2ccccc2)(n2cccn2)CC1. The van der Waals surface area contributed by atoms with Gasteiger partial charge in [0.25, 0.3) is 5.91 Å². The van der Waals surface area contributed by atoms with Crippen LogP contribution in [0.3, 0.4) is 0 Å². The predicted octanol–water partition coefficient (Wildman–Crippen LogP) is 1.88. The summed E-state index contributed by atoms with van der Waals surface area (Å²) in [5.74, 6) is -0.0410. The highest BCUT2D eigenvalue weighted by atomic mass is 16.5. The van der Waals surface area contributed by atoms with Gasteiger partial charge in [-0.3, -0.25) is 14.3 Å². The molecular weight excluding hydrogens is 332 g/mol. The van der Waals surface area contributed by atoms with Crippen LogP contribution < -0.4 is 5.32 Å². The van der Waals surface area contributed by atoms with Crippen molar-refractivity contribution < 1.29 is 14.3 Å². The number of likely N-dealkylation sites (tertiary alicyclic amines) is 1. The number of carbonyl (C=O) groups is 2. The molecule has 138 valence electrons. The van der Waals surface area contributed by atoms with E-state index in [-0.39, 0.29) is 11.8 Å². The number of piperidine rings is 1. The Balaban J connectivity index is 1.75. The maximum Gasteiger partial charge on any atom is 0.252 e. The summed E-state index contributed by atoms with van der Waals surface area (Å²) in [4.78, 5) is 27.2. The maximum absolute atomic E-state index is 13.1. The lowest BCUT2D eigenvalue weighted by Crippen LogP contribution is -2.54. The number of nitrogens with one attached hydrogen (secondary N) is 1. The van der Waals surface area contributed by atoms with Gasteiger partial charge in [-0.25, -0.2) is 0 Å². The van der Waals surface area contributed by atoms with Gasteiger partial charge in [-0.15, -0.1) is 0 Å². The Bertz CT molecular complexity index is 723. The molecule has 1 aromatic heterocycles. The Hall–Kier alpha value is -2.67. The molecule has 2 heterocycles. The van der Waals surface area contributed by atoms with Crippen LogP contribution in [-0.4, -0.2) is 53.3 Å². The molecule has 1 N–H and O–H groups in total. The Labute approximate surface area is 152 Å². The fourth-order valence-corrected chi connectivity index (χ4v) is 3.32.